The molecule has 2 aromatic heterocycles. The van der Waals surface area contributed by atoms with Gasteiger partial charge in [0.05, 0.1) is 5.56 Å². The van der Waals surface area contributed by atoms with Crippen LogP contribution in [0.5, 0.6) is 0 Å². The lowest BCUT2D eigenvalue weighted by Crippen LogP contribution is -2.40. The van der Waals surface area contributed by atoms with E-state index in [-0.39, 0.29) is 11.8 Å². The third-order valence-electron chi connectivity index (χ3n) is 4.43. The molecule has 1 saturated heterocycles. The summed E-state index contributed by atoms with van der Waals surface area (Å²) in [6, 6.07) is 3.64. The van der Waals surface area contributed by atoms with E-state index in [0.29, 0.717) is 22.7 Å². The number of rotatable bonds is 3. The number of pyridine rings is 1. The van der Waals surface area contributed by atoms with E-state index in [9.17, 15) is 4.79 Å². The second-order valence-corrected chi connectivity index (χ2v) is 6.69. The summed E-state index contributed by atoms with van der Waals surface area (Å²) in [6.07, 6.45) is 3.67. The lowest BCUT2D eigenvalue weighted by atomic mass is 9.96. The van der Waals surface area contributed by atoms with Crippen molar-refractivity contribution in [3.05, 3.63) is 34.5 Å². The van der Waals surface area contributed by atoms with Gasteiger partial charge >= 0.3 is 0 Å². The van der Waals surface area contributed by atoms with Crippen molar-refractivity contribution in [1.82, 2.24) is 24.6 Å². The fraction of sp³-hybridized carbons (Fsp3) is 0.500. The van der Waals surface area contributed by atoms with Crippen LogP contribution in [0.15, 0.2) is 18.3 Å². The quantitative estimate of drug-likeness (QED) is 0.861. The van der Waals surface area contributed by atoms with E-state index in [1.165, 1.54) is 0 Å². The highest BCUT2D eigenvalue weighted by molar-refractivity contribution is 7.71. The number of H-pyrrole nitrogens is 1. The first-order valence-electron chi connectivity index (χ1n) is 8.02. The number of hydrogen-bond acceptors (Lipinski definition) is 5. The Labute approximate surface area is 146 Å². The molecule has 1 aliphatic rings. The second-order valence-electron chi connectivity index (χ2n) is 6.31. The van der Waals surface area contributed by atoms with Crippen molar-refractivity contribution in [2.45, 2.75) is 18.8 Å². The first kappa shape index (κ1) is 16.6. The third-order valence-corrected chi connectivity index (χ3v) is 4.79. The molecule has 1 amide bonds. The molecule has 0 radical (unpaired) electrons. The molecular formula is C16H22N6OS. The molecule has 0 bridgehead atoms. The number of nitrogens with zero attached hydrogens (tertiary/aromatic N) is 5. The van der Waals surface area contributed by atoms with E-state index in [2.05, 4.69) is 15.2 Å². The van der Waals surface area contributed by atoms with E-state index in [4.69, 9.17) is 12.2 Å². The lowest BCUT2D eigenvalue weighted by Gasteiger charge is -2.32. The van der Waals surface area contributed by atoms with Crippen LogP contribution in [-0.4, -0.2) is 57.7 Å². The summed E-state index contributed by atoms with van der Waals surface area (Å²) < 4.78 is 2.50. The number of amides is 1. The van der Waals surface area contributed by atoms with Crippen molar-refractivity contribution in [3.63, 3.8) is 0 Å². The molecule has 128 valence electrons. The Balaban J connectivity index is 1.84. The zero-order valence-electron chi connectivity index (χ0n) is 14.2. The van der Waals surface area contributed by atoms with Gasteiger partial charge in [-0.15, -0.1) is 0 Å². The second kappa shape index (κ2) is 6.72. The maximum Gasteiger partial charge on any atom is 0.257 e. The summed E-state index contributed by atoms with van der Waals surface area (Å²) in [7, 11) is 5.70. The monoisotopic (exact) mass is 346 g/mol. The molecule has 0 aliphatic carbocycles. The van der Waals surface area contributed by atoms with Gasteiger partial charge in [0.15, 0.2) is 4.77 Å². The van der Waals surface area contributed by atoms with Crippen LogP contribution in [-0.2, 0) is 7.05 Å². The summed E-state index contributed by atoms with van der Waals surface area (Å²) in [4.78, 5) is 21.1. The Hall–Kier alpha value is -2.22. The predicted octanol–water partition coefficient (Wildman–Crippen LogP) is 1.96. The van der Waals surface area contributed by atoms with Crippen molar-refractivity contribution in [2.75, 3.05) is 32.1 Å². The average molecular weight is 346 g/mol. The van der Waals surface area contributed by atoms with E-state index < -0.39 is 0 Å². The molecular weight excluding hydrogens is 324 g/mol. The molecule has 7 nitrogen and oxygen atoms in total. The number of aromatic nitrogens is 4. The van der Waals surface area contributed by atoms with Gasteiger partial charge in [-0.2, -0.15) is 5.10 Å². The minimum absolute atomic E-state index is 0.0216. The van der Waals surface area contributed by atoms with Crippen LogP contribution in [0, 0.1) is 4.77 Å². The fourth-order valence-electron chi connectivity index (χ4n) is 3.19. The molecule has 1 N–H and O–H groups in total. The Morgan fingerprint density at radius 1 is 1.46 bits per heavy atom. The molecule has 24 heavy (non-hydrogen) atoms. The maximum atomic E-state index is 13.0. The van der Waals surface area contributed by atoms with Gasteiger partial charge in [0, 0.05) is 46.3 Å². The minimum Gasteiger partial charge on any atom is -0.362 e. The van der Waals surface area contributed by atoms with Gasteiger partial charge in [-0.3, -0.25) is 9.89 Å². The van der Waals surface area contributed by atoms with Crippen molar-refractivity contribution < 1.29 is 4.79 Å². The van der Waals surface area contributed by atoms with Crippen LogP contribution in [0.1, 0.15) is 34.9 Å². The molecule has 3 rings (SSSR count). The number of nitrogens with one attached hydrogen (secondary N) is 1. The number of piperidine rings is 1. The van der Waals surface area contributed by atoms with Gasteiger partial charge < -0.3 is 14.4 Å². The zero-order valence-corrected chi connectivity index (χ0v) is 15.0. The molecule has 8 heteroatoms. The Bertz CT molecular complexity index is 796. The summed E-state index contributed by atoms with van der Waals surface area (Å²) in [5.74, 6) is 1.83. The molecule has 1 fully saturated rings. The number of aromatic amines is 1. The molecule has 3 heterocycles. The SMILES string of the molecule is CN(C)c1ncccc1C(=O)N1CCCC(c2n[nH]c(=S)n2C)C1. The average Bonchev–Trinajstić information content (AvgIpc) is 2.93. The number of anilines is 1. The number of hydrogen-bond donors (Lipinski definition) is 1. The van der Waals surface area contributed by atoms with E-state index >= 15 is 0 Å². The fourth-order valence-corrected chi connectivity index (χ4v) is 3.33. The van der Waals surface area contributed by atoms with Crippen LogP contribution in [0.2, 0.25) is 0 Å². The van der Waals surface area contributed by atoms with Crippen LogP contribution >= 0.6 is 12.2 Å². The highest BCUT2D eigenvalue weighted by Gasteiger charge is 2.29. The van der Waals surface area contributed by atoms with Gasteiger partial charge in [0.25, 0.3) is 5.91 Å². The van der Waals surface area contributed by atoms with Crippen molar-refractivity contribution in [2.24, 2.45) is 7.05 Å². The van der Waals surface area contributed by atoms with Crippen LogP contribution in [0.25, 0.3) is 0 Å². The summed E-state index contributed by atoms with van der Waals surface area (Å²) in [5, 5.41) is 7.17. The molecule has 0 aromatic carbocycles. The van der Waals surface area contributed by atoms with Gasteiger partial charge in [-0.25, -0.2) is 4.98 Å². The van der Waals surface area contributed by atoms with Gasteiger partial charge in [-0.1, -0.05) is 0 Å². The van der Waals surface area contributed by atoms with Crippen molar-refractivity contribution in [1.29, 1.82) is 0 Å². The maximum absolute atomic E-state index is 13.0. The highest BCUT2D eigenvalue weighted by atomic mass is 32.1. The number of carbonyl (C=O) groups is 1. The normalized spacial score (nSPS) is 17.8. The van der Waals surface area contributed by atoms with Crippen LogP contribution in [0.3, 0.4) is 0 Å². The molecule has 2 aromatic rings. The predicted molar refractivity (Wildman–Crippen MR) is 94.8 cm³/mol. The van der Waals surface area contributed by atoms with E-state index in [1.807, 2.05) is 41.6 Å². The zero-order chi connectivity index (χ0) is 17.3. The largest absolute Gasteiger partial charge is 0.362 e. The summed E-state index contributed by atoms with van der Waals surface area (Å²) in [5.41, 5.74) is 0.638. The Morgan fingerprint density at radius 2 is 2.25 bits per heavy atom. The minimum atomic E-state index is 0.0216. The Kier molecular flexibility index (Phi) is 4.66. The van der Waals surface area contributed by atoms with Gasteiger partial charge in [-0.05, 0) is 37.2 Å². The van der Waals surface area contributed by atoms with Gasteiger partial charge in [0.2, 0.25) is 0 Å². The lowest BCUT2D eigenvalue weighted by molar-refractivity contribution is 0.0703. The topological polar surface area (TPSA) is 70.1 Å². The molecule has 1 unspecified atom stereocenters. The summed E-state index contributed by atoms with van der Waals surface area (Å²) in [6.45, 7) is 1.40. The summed E-state index contributed by atoms with van der Waals surface area (Å²) >= 11 is 5.20. The van der Waals surface area contributed by atoms with Crippen LogP contribution < -0.4 is 4.90 Å². The Morgan fingerprint density at radius 3 is 2.92 bits per heavy atom. The van der Waals surface area contributed by atoms with E-state index in [1.54, 1.807) is 12.3 Å². The smallest absolute Gasteiger partial charge is 0.257 e. The van der Waals surface area contributed by atoms with Gasteiger partial charge in [0.1, 0.15) is 11.6 Å². The number of likely N-dealkylation sites (tertiary alicyclic amines) is 1. The number of carbonyl (C=O) groups excluding carboxylic acids is 1. The molecule has 0 saturated carbocycles. The van der Waals surface area contributed by atoms with E-state index in [0.717, 1.165) is 25.2 Å². The van der Waals surface area contributed by atoms with Crippen molar-refractivity contribution >= 4 is 23.9 Å². The third kappa shape index (κ3) is 3.06. The first-order chi connectivity index (χ1) is 11.5. The highest BCUT2D eigenvalue weighted by Crippen LogP contribution is 2.27. The van der Waals surface area contributed by atoms with Crippen molar-refractivity contribution in [3.8, 4) is 0 Å². The molecule has 0 spiro atoms. The molecule has 1 atom stereocenters. The molecule has 1 aliphatic heterocycles. The first-order valence-corrected chi connectivity index (χ1v) is 8.42. The van der Waals surface area contributed by atoms with Crippen LogP contribution in [0.4, 0.5) is 5.82 Å². The standard InChI is InChI=1S/C16H22N6OS/c1-20(2)14-12(7-4-8-17-14)15(23)22-9-5-6-11(10-22)13-18-19-16(24)21(13)3/h4,7-8,11H,5-6,9-10H2,1-3H3,(H,19,24).